The molecular weight excluding hydrogens is 358 g/mol. The molecule has 0 fully saturated rings. The summed E-state index contributed by atoms with van der Waals surface area (Å²) in [5.74, 6) is 1.53. The van der Waals surface area contributed by atoms with Crippen molar-refractivity contribution >= 4 is 5.69 Å². The molecule has 3 rings (SSSR count). The zero-order valence-corrected chi connectivity index (χ0v) is 17.5. The molecule has 1 N–H and O–H groups in total. The Hall–Kier alpha value is -3.20. The summed E-state index contributed by atoms with van der Waals surface area (Å²) in [7, 11) is 1.68. The lowest BCUT2D eigenvalue weighted by atomic mass is 10.0. The van der Waals surface area contributed by atoms with Crippen LogP contribution < -0.4 is 14.8 Å². The Balaban J connectivity index is 1.81. The number of ether oxygens (including phenoxy) is 2. The van der Waals surface area contributed by atoms with Crippen LogP contribution in [0, 0.1) is 13.8 Å². The lowest BCUT2D eigenvalue weighted by Crippen LogP contribution is -2.05. The van der Waals surface area contributed by atoms with Crippen molar-refractivity contribution < 1.29 is 9.47 Å². The number of hydrogen-bond acceptors (Lipinski definition) is 3. The molecule has 0 atom stereocenters. The summed E-state index contributed by atoms with van der Waals surface area (Å²) in [6.45, 7) is 9.35. The van der Waals surface area contributed by atoms with E-state index in [2.05, 4.69) is 62.1 Å². The number of anilines is 1. The highest BCUT2D eigenvalue weighted by molar-refractivity contribution is 5.54. The van der Waals surface area contributed by atoms with Gasteiger partial charge in [0.2, 0.25) is 0 Å². The number of methoxy groups -OCH3 is 1. The lowest BCUT2D eigenvalue weighted by molar-refractivity contribution is 0.281. The molecule has 150 valence electrons. The zero-order valence-electron chi connectivity index (χ0n) is 17.5. The van der Waals surface area contributed by atoms with E-state index in [4.69, 9.17) is 9.47 Å². The molecule has 0 radical (unpaired) electrons. The van der Waals surface area contributed by atoms with E-state index in [0.29, 0.717) is 13.2 Å². The van der Waals surface area contributed by atoms with Gasteiger partial charge in [0, 0.05) is 17.8 Å². The molecule has 0 saturated carbocycles. The van der Waals surface area contributed by atoms with E-state index in [1.807, 2.05) is 30.3 Å². The van der Waals surface area contributed by atoms with Crippen molar-refractivity contribution in [3.05, 3.63) is 101 Å². The quantitative estimate of drug-likeness (QED) is 0.441. The fourth-order valence-electron chi connectivity index (χ4n) is 3.39. The molecule has 0 saturated heterocycles. The number of aryl methyl sites for hydroxylation is 2. The monoisotopic (exact) mass is 387 g/mol. The molecule has 0 heterocycles. The molecule has 0 unspecified atom stereocenters. The first kappa shape index (κ1) is 20.5. The van der Waals surface area contributed by atoms with E-state index in [-0.39, 0.29) is 0 Å². The molecule has 0 aliphatic heterocycles. The minimum absolute atomic E-state index is 0.501. The molecule has 29 heavy (non-hydrogen) atoms. The van der Waals surface area contributed by atoms with Crippen molar-refractivity contribution in [3.63, 3.8) is 0 Å². The molecule has 0 amide bonds. The van der Waals surface area contributed by atoms with Gasteiger partial charge in [-0.15, -0.1) is 6.58 Å². The largest absolute Gasteiger partial charge is 0.493 e. The van der Waals surface area contributed by atoms with Crippen LogP contribution in [0.4, 0.5) is 5.69 Å². The van der Waals surface area contributed by atoms with Gasteiger partial charge in [-0.2, -0.15) is 0 Å². The number of hydrogen-bond donors (Lipinski definition) is 1. The van der Waals surface area contributed by atoms with E-state index in [1.165, 1.54) is 11.1 Å². The predicted octanol–water partition coefficient (Wildman–Crippen LogP) is 6.23. The van der Waals surface area contributed by atoms with Gasteiger partial charge in [0.15, 0.2) is 11.5 Å². The summed E-state index contributed by atoms with van der Waals surface area (Å²) in [4.78, 5) is 0. The first-order chi connectivity index (χ1) is 14.1. The van der Waals surface area contributed by atoms with Crippen LogP contribution in [-0.2, 0) is 19.6 Å². The van der Waals surface area contributed by atoms with Crippen LogP contribution >= 0.6 is 0 Å². The molecule has 0 aliphatic rings. The highest BCUT2D eigenvalue weighted by atomic mass is 16.5. The maximum atomic E-state index is 6.15. The fourth-order valence-corrected chi connectivity index (χ4v) is 3.39. The van der Waals surface area contributed by atoms with E-state index in [0.717, 1.165) is 40.3 Å². The normalized spacial score (nSPS) is 10.4. The minimum atomic E-state index is 0.501. The Kier molecular flexibility index (Phi) is 6.96. The third-order valence-electron chi connectivity index (χ3n) is 4.87. The molecule has 3 nitrogen and oxygen atoms in total. The average Bonchev–Trinajstić information content (AvgIpc) is 2.73. The standard InChI is InChI=1S/C26H29NO2/c1-5-9-23-15-22(17-27-24-13-12-19(2)14-20(24)3)16-25(28-4)26(23)29-18-21-10-7-6-8-11-21/h5-8,10-16,27H,1,9,17-18H2,2-4H3. The summed E-state index contributed by atoms with van der Waals surface area (Å²) in [5.41, 5.74) is 7.00. The first-order valence-corrected chi connectivity index (χ1v) is 9.89. The summed E-state index contributed by atoms with van der Waals surface area (Å²) in [5, 5.41) is 3.53. The van der Waals surface area contributed by atoms with E-state index < -0.39 is 0 Å². The Morgan fingerprint density at radius 2 is 1.76 bits per heavy atom. The van der Waals surface area contributed by atoms with Gasteiger partial charge in [-0.1, -0.05) is 54.1 Å². The highest BCUT2D eigenvalue weighted by Crippen LogP contribution is 2.34. The van der Waals surface area contributed by atoms with Gasteiger partial charge < -0.3 is 14.8 Å². The van der Waals surface area contributed by atoms with Crippen molar-refractivity contribution in [1.82, 2.24) is 0 Å². The van der Waals surface area contributed by atoms with Gasteiger partial charge in [0.05, 0.1) is 7.11 Å². The molecule has 0 aliphatic carbocycles. The van der Waals surface area contributed by atoms with Crippen LogP contribution in [0.1, 0.15) is 27.8 Å². The summed E-state index contributed by atoms with van der Waals surface area (Å²) >= 11 is 0. The maximum absolute atomic E-state index is 6.15. The average molecular weight is 388 g/mol. The third kappa shape index (κ3) is 5.41. The number of nitrogens with one attached hydrogen (secondary N) is 1. The number of allylic oxidation sites excluding steroid dienone is 1. The highest BCUT2D eigenvalue weighted by Gasteiger charge is 2.13. The maximum Gasteiger partial charge on any atom is 0.165 e. The third-order valence-corrected chi connectivity index (χ3v) is 4.87. The van der Waals surface area contributed by atoms with Gasteiger partial charge in [-0.3, -0.25) is 0 Å². The molecule has 3 aromatic rings. The van der Waals surface area contributed by atoms with E-state index in [1.54, 1.807) is 7.11 Å². The number of benzene rings is 3. The smallest absolute Gasteiger partial charge is 0.165 e. The van der Waals surface area contributed by atoms with Crippen LogP contribution in [0.15, 0.2) is 73.3 Å². The molecule has 0 bridgehead atoms. The van der Waals surface area contributed by atoms with Gasteiger partial charge in [-0.05, 0) is 55.2 Å². The topological polar surface area (TPSA) is 30.5 Å². The summed E-state index contributed by atoms with van der Waals surface area (Å²) < 4.78 is 11.8. The zero-order chi connectivity index (χ0) is 20.6. The predicted molar refractivity (Wildman–Crippen MR) is 121 cm³/mol. The van der Waals surface area contributed by atoms with Crippen molar-refractivity contribution in [3.8, 4) is 11.5 Å². The Labute approximate surface area is 174 Å². The van der Waals surface area contributed by atoms with Gasteiger partial charge in [-0.25, -0.2) is 0 Å². The van der Waals surface area contributed by atoms with Gasteiger partial charge in [0.25, 0.3) is 0 Å². The summed E-state index contributed by atoms with van der Waals surface area (Å²) in [6, 6.07) is 20.8. The Morgan fingerprint density at radius 3 is 2.45 bits per heavy atom. The summed E-state index contributed by atoms with van der Waals surface area (Å²) in [6.07, 6.45) is 2.61. The van der Waals surface area contributed by atoms with Crippen molar-refractivity contribution in [2.75, 3.05) is 12.4 Å². The van der Waals surface area contributed by atoms with E-state index in [9.17, 15) is 0 Å². The molecular formula is C26H29NO2. The van der Waals surface area contributed by atoms with Crippen LogP contribution in [0.25, 0.3) is 0 Å². The SMILES string of the molecule is C=CCc1cc(CNc2ccc(C)cc2C)cc(OC)c1OCc1ccccc1. The van der Waals surface area contributed by atoms with E-state index >= 15 is 0 Å². The van der Waals surface area contributed by atoms with Crippen LogP contribution in [-0.4, -0.2) is 7.11 Å². The lowest BCUT2D eigenvalue weighted by Gasteiger charge is -2.17. The fraction of sp³-hybridized carbons (Fsp3) is 0.231. The molecule has 3 aromatic carbocycles. The van der Waals surface area contributed by atoms with Gasteiger partial charge in [0.1, 0.15) is 6.61 Å². The van der Waals surface area contributed by atoms with Crippen molar-refractivity contribution in [2.45, 2.75) is 33.4 Å². The number of rotatable bonds is 9. The second-order valence-electron chi connectivity index (χ2n) is 7.23. The van der Waals surface area contributed by atoms with Crippen LogP contribution in [0.5, 0.6) is 11.5 Å². The van der Waals surface area contributed by atoms with Crippen LogP contribution in [0.3, 0.4) is 0 Å². The Bertz CT molecular complexity index is 964. The minimum Gasteiger partial charge on any atom is -0.493 e. The van der Waals surface area contributed by atoms with Gasteiger partial charge >= 0.3 is 0 Å². The molecule has 3 heteroatoms. The first-order valence-electron chi connectivity index (χ1n) is 9.89. The molecule has 0 aromatic heterocycles. The second-order valence-corrected chi connectivity index (χ2v) is 7.23. The van der Waals surface area contributed by atoms with Crippen molar-refractivity contribution in [1.29, 1.82) is 0 Å². The van der Waals surface area contributed by atoms with Crippen LogP contribution in [0.2, 0.25) is 0 Å². The Morgan fingerprint density at radius 1 is 0.966 bits per heavy atom. The van der Waals surface area contributed by atoms with Crippen molar-refractivity contribution in [2.24, 2.45) is 0 Å². The molecule has 0 spiro atoms. The second kappa shape index (κ2) is 9.83.